The first kappa shape index (κ1) is 26.3. The van der Waals surface area contributed by atoms with Crippen molar-refractivity contribution in [1.82, 2.24) is 0 Å². The fourth-order valence-electron chi connectivity index (χ4n) is 5.36. The van der Waals surface area contributed by atoms with Crippen LogP contribution in [-0.2, 0) is 13.1 Å². The standard InChI is InChI=1S/C37H38N2/c1-3-38(28-30-14-8-5-9-15-30)35-24-20-33(21-25-35)37(32-18-12-7-13-19-32)34-22-26-36(27-23-34)39(4-2)29-31-16-10-6-11-17-31/h5-27,37H,3-4,28-29H2,1-2H3. The second kappa shape index (κ2) is 13.0. The van der Waals surface area contributed by atoms with Crippen molar-refractivity contribution in [3.8, 4) is 0 Å². The van der Waals surface area contributed by atoms with Gasteiger partial charge >= 0.3 is 0 Å². The van der Waals surface area contributed by atoms with Gasteiger partial charge in [0, 0.05) is 43.5 Å². The molecule has 0 radical (unpaired) electrons. The summed E-state index contributed by atoms with van der Waals surface area (Å²) in [5.74, 6) is 0.183. The van der Waals surface area contributed by atoms with Crippen LogP contribution in [0.3, 0.4) is 0 Å². The number of nitrogens with zero attached hydrogens (tertiary/aromatic N) is 2. The zero-order valence-corrected chi connectivity index (χ0v) is 23.1. The summed E-state index contributed by atoms with van der Waals surface area (Å²) in [5, 5.41) is 0. The van der Waals surface area contributed by atoms with Crippen LogP contribution < -0.4 is 9.80 Å². The maximum absolute atomic E-state index is 2.43. The lowest BCUT2D eigenvalue weighted by Crippen LogP contribution is -2.22. The molecule has 5 aromatic carbocycles. The molecule has 0 aliphatic carbocycles. The molecule has 196 valence electrons. The average molecular weight is 511 g/mol. The van der Waals surface area contributed by atoms with Crippen molar-refractivity contribution in [3.05, 3.63) is 167 Å². The van der Waals surface area contributed by atoms with Crippen molar-refractivity contribution in [2.45, 2.75) is 32.9 Å². The van der Waals surface area contributed by atoms with Gasteiger partial charge in [-0.15, -0.1) is 0 Å². The maximum Gasteiger partial charge on any atom is 0.0429 e. The van der Waals surface area contributed by atoms with E-state index in [1.807, 2.05) is 0 Å². The molecule has 0 aliphatic rings. The van der Waals surface area contributed by atoms with Gasteiger partial charge in [0.25, 0.3) is 0 Å². The van der Waals surface area contributed by atoms with E-state index >= 15 is 0 Å². The van der Waals surface area contributed by atoms with Gasteiger partial charge in [-0.2, -0.15) is 0 Å². The molecule has 0 atom stereocenters. The van der Waals surface area contributed by atoms with E-state index in [0.29, 0.717) is 0 Å². The Morgan fingerprint density at radius 3 is 1.10 bits per heavy atom. The third-order valence-electron chi connectivity index (χ3n) is 7.51. The second-order valence-corrected chi connectivity index (χ2v) is 10.0. The zero-order valence-electron chi connectivity index (χ0n) is 23.1. The predicted octanol–water partition coefficient (Wildman–Crippen LogP) is 8.92. The van der Waals surface area contributed by atoms with E-state index < -0.39 is 0 Å². The molecule has 39 heavy (non-hydrogen) atoms. The fraction of sp³-hybridized carbons (Fsp3) is 0.189. The average Bonchev–Trinajstić information content (AvgIpc) is 3.01. The Morgan fingerprint density at radius 2 is 0.744 bits per heavy atom. The minimum Gasteiger partial charge on any atom is -0.367 e. The van der Waals surface area contributed by atoms with Crippen LogP contribution in [0.2, 0.25) is 0 Å². The van der Waals surface area contributed by atoms with Crippen LogP contribution in [0.4, 0.5) is 11.4 Å². The van der Waals surface area contributed by atoms with Gasteiger partial charge in [0.15, 0.2) is 0 Å². The first-order valence-corrected chi connectivity index (χ1v) is 14.1. The largest absolute Gasteiger partial charge is 0.367 e. The lowest BCUT2D eigenvalue weighted by Gasteiger charge is -2.26. The number of benzene rings is 5. The SMILES string of the molecule is CCN(Cc1ccccc1)c1ccc(C(c2ccccc2)c2ccc(N(CC)Cc3ccccc3)cc2)cc1. The number of hydrogen-bond donors (Lipinski definition) is 0. The predicted molar refractivity (Wildman–Crippen MR) is 167 cm³/mol. The summed E-state index contributed by atoms with van der Waals surface area (Å²) in [4.78, 5) is 4.86. The Labute approximate surface area is 234 Å². The molecular weight excluding hydrogens is 472 g/mol. The summed E-state index contributed by atoms with van der Waals surface area (Å²) in [7, 11) is 0. The normalized spacial score (nSPS) is 10.9. The van der Waals surface area contributed by atoms with Crippen LogP contribution in [0.5, 0.6) is 0 Å². The van der Waals surface area contributed by atoms with Gasteiger partial charge < -0.3 is 9.80 Å². The van der Waals surface area contributed by atoms with Gasteiger partial charge in [-0.25, -0.2) is 0 Å². The number of anilines is 2. The topological polar surface area (TPSA) is 6.48 Å². The molecule has 0 saturated carbocycles. The Kier molecular flexibility index (Phi) is 8.75. The van der Waals surface area contributed by atoms with Crippen molar-refractivity contribution in [2.24, 2.45) is 0 Å². The highest BCUT2D eigenvalue weighted by Crippen LogP contribution is 2.34. The second-order valence-electron chi connectivity index (χ2n) is 10.0. The van der Waals surface area contributed by atoms with Crippen molar-refractivity contribution >= 4 is 11.4 Å². The summed E-state index contributed by atoms with van der Waals surface area (Å²) in [6.45, 7) is 8.21. The van der Waals surface area contributed by atoms with E-state index in [9.17, 15) is 0 Å². The van der Waals surface area contributed by atoms with E-state index in [1.54, 1.807) is 0 Å². The van der Waals surface area contributed by atoms with E-state index in [0.717, 1.165) is 26.2 Å². The van der Waals surface area contributed by atoms with E-state index in [1.165, 1.54) is 39.2 Å². The smallest absolute Gasteiger partial charge is 0.0429 e. The van der Waals surface area contributed by atoms with Gasteiger partial charge in [-0.05, 0) is 65.9 Å². The molecule has 0 spiro atoms. The molecule has 0 saturated heterocycles. The van der Waals surface area contributed by atoms with Gasteiger partial charge in [-0.3, -0.25) is 0 Å². The Bertz CT molecular complexity index is 1300. The van der Waals surface area contributed by atoms with Gasteiger partial charge in [-0.1, -0.05) is 115 Å². The molecule has 5 aromatic rings. The van der Waals surface area contributed by atoms with Gasteiger partial charge in [0.2, 0.25) is 0 Å². The first-order chi connectivity index (χ1) is 19.2. The molecular formula is C37H38N2. The zero-order chi connectivity index (χ0) is 26.9. The molecule has 0 bridgehead atoms. The Balaban J connectivity index is 1.40. The van der Waals surface area contributed by atoms with E-state index in [4.69, 9.17) is 0 Å². The molecule has 5 rings (SSSR count). The lowest BCUT2D eigenvalue weighted by atomic mass is 9.85. The molecule has 0 fully saturated rings. The molecule has 2 nitrogen and oxygen atoms in total. The summed E-state index contributed by atoms with van der Waals surface area (Å²) in [6.07, 6.45) is 0. The minimum absolute atomic E-state index is 0.183. The molecule has 0 aromatic heterocycles. The molecule has 2 heteroatoms. The highest BCUT2D eigenvalue weighted by Gasteiger charge is 2.18. The van der Waals surface area contributed by atoms with Crippen LogP contribution in [-0.4, -0.2) is 13.1 Å². The van der Waals surface area contributed by atoms with Crippen molar-refractivity contribution in [3.63, 3.8) is 0 Å². The van der Waals surface area contributed by atoms with Crippen LogP contribution in [0, 0.1) is 0 Å². The van der Waals surface area contributed by atoms with Crippen LogP contribution >= 0.6 is 0 Å². The fourth-order valence-corrected chi connectivity index (χ4v) is 5.36. The highest BCUT2D eigenvalue weighted by molar-refractivity contribution is 5.54. The Morgan fingerprint density at radius 1 is 0.410 bits per heavy atom. The third kappa shape index (κ3) is 6.59. The first-order valence-electron chi connectivity index (χ1n) is 14.1. The molecule has 0 unspecified atom stereocenters. The quantitative estimate of drug-likeness (QED) is 0.164. The van der Waals surface area contributed by atoms with Crippen LogP contribution in [0.1, 0.15) is 47.6 Å². The lowest BCUT2D eigenvalue weighted by molar-refractivity contribution is 0.829. The van der Waals surface area contributed by atoms with Crippen LogP contribution in [0.15, 0.2) is 140 Å². The summed E-state index contributed by atoms with van der Waals surface area (Å²) in [5.41, 5.74) is 9.11. The maximum atomic E-state index is 2.43. The van der Waals surface area contributed by atoms with Gasteiger partial charge in [0.1, 0.15) is 0 Å². The Hall–Kier alpha value is -4.30. The molecule has 0 aliphatic heterocycles. The summed E-state index contributed by atoms with van der Waals surface area (Å²) >= 11 is 0. The van der Waals surface area contributed by atoms with Crippen molar-refractivity contribution in [1.29, 1.82) is 0 Å². The van der Waals surface area contributed by atoms with Crippen LogP contribution in [0.25, 0.3) is 0 Å². The minimum atomic E-state index is 0.183. The van der Waals surface area contributed by atoms with Gasteiger partial charge in [0.05, 0.1) is 0 Å². The number of hydrogen-bond acceptors (Lipinski definition) is 2. The van der Waals surface area contributed by atoms with Crippen molar-refractivity contribution in [2.75, 3.05) is 22.9 Å². The number of rotatable bonds is 11. The highest BCUT2D eigenvalue weighted by atomic mass is 15.1. The third-order valence-corrected chi connectivity index (χ3v) is 7.51. The molecule has 0 amide bonds. The molecule has 0 heterocycles. The summed E-state index contributed by atoms with van der Waals surface area (Å²) in [6, 6.07) is 50.6. The van der Waals surface area contributed by atoms with E-state index in [-0.39, 0.29) is 5.92 Å². The summed E-state index contributed by atoms with van der Waals surface area (Å²) < 4.78 is 0. The van der Waals surface area contributed by atoms with E-state index in [2.05, 4.69) is 163 Å². The van der Waals surface area contributed by atoms with Crippen molar-refractivity contribution < 1.29 is 0 Å². The molecule has 0 N–H and O–H groups in total. The monoisotopic (exact) mass is 510 g/mol.